The molecule has 0 radical (unpaired) electrons. The number of esters is 1. The molecular formula is C12H23NO2S. The predicted molar refractivity (Wildman–Crippen MR) is 68.8 cm³/mol. The number of thioether (sulfide) groups is 1. The van der Waals surface area contributed by atoms with Crippen molar-refractivity contribution in [2.24, 2.45) is 0 Å². The highest BCUT2D eigenvalue weighted by atomic mass is 32.2. The number of hydrogen-bond acceptors (Lipinski definition) is 4. The van der Waals surface area contributed by atoms with Crippen LogP contribution in [0.25, 0.3) is 0 Å². The Bertz CT molecular complexity index is 193. The molecule has 0 amide bonds. The second kappa shape index (κ2) is 8.88. The molecule has 1 N–H and O–H groups in total. The van der Waals surface area contributed by atoms with Gasteiger partial charge in [0.25, 0.3) is 0 Å². The number of carbonyl (C=O) groups excluding carboxylic acids is 1. The molecule has 94 valence electrons. The molecule has 0 aliphatic carbocycles. The number of hydrogen-bond donors (Lipinski definition) is 1. The highest BCUT2D eigenvalue weighted by Gasteiger charge is 2.13. The van der Waals surface area contributed by atoms with Crippen LogP contribution in [0.3, 0.4) is 0 Å². The van der Waals surface area contributed by atoms with E-state index in [1.807, 2.05) is 18.7 Å². The Balaban J connectivity index is 1.82. The molecular weight excluding hydrogens is 222 g/mol. The third-order valence-corrected chi connectivity index (χ3v) is 3.89. The second-order valence-electron chi connectivity index (χ2n) is 4.13. The van der Waals surface area contributed by atoms with Crippen molar-refractivity contribution in [2.45, 2.75) is 45.1 Å². The Labute approximate surface area is 103 Å². The number of ether oxygens (including phenoxy) is 1. The van der Waals surface area contributed by atoms with Gasteiger partial charge in [0.2, 0.25) is 0 Å². The molecule has 1 aliphatic heterocycles. The van der Waals surface area contributed by atoms with Crippen LogP contribution in [0.4, 0.5) is 0 Å². The van der Waals surface area contributed by atoms with Crippen molar-refractivity contribution in [1.29, 1.82) is 0 Å². The molecule has 0 saturated carbocycles. The molecule has 1 heterocycles. The quantitative estimate of drug-likeness (QED) is 0.525. The fourth-order valence-electron chi connectivity index (χ4n) is 1.81. The van der Waals surface area contributed by atoms with Crippen LogP contribution in [0.2, 0.25) is 0 Å². The van der Waals surface area contributed by atoms with E-state index in [4.69, 9.17) is 4.74 Å². The van der Waals surface area contributed by atoms with E-state index in [1.165, 1.54) is 24.3 Å². The van der Waals surface area contributed by atoms with E-state index in [1.54, 1.807) is 0 Å². The van der Waals surface area contributed by atoms with E-state index in [0.29, 0.717) is 13.0 Å². The molecule has 0 aromatic heterocycles. The second-order valence-corrected chi connectivity index (χ2v) is 5.28. The first-order chi connectivity index (χ1) is 7.83. The molecule has 0 aromatic carbocycles. The van der Waals surface area contributed by atoms with Crippen molar-refractivity contribution >= 4 is 17.7 Å². The zero-order valence-corrected chi connectivity index (χ0v) is 11.0. The molecule has 1 fully saturated rings. The van der Waals surface area contributed by atoms with Crippen LogP contribution >= 0.6 is 11.8 Å². The van der Waals surface area contributed by atoms with Gasteiger partial charge >= 0.3 is 5.97 Å². The number of nitrogens with one attached hydrogen (secondary N) is 1. The van der Waals surface area contributed by atoms with Gasteiger partial charge in [-0.05, 0) is 38.5 Å². The van der Waals surface area contributed by atoms with E-state index in [0.717, 1.165) is 25.4 Å². The van der Waals surface area contributed by atoms with Crippen molar-refractivity contribution < 1.29 is 9.53 Å². The average Bonchev–Trinajstić information content (AvgIpc) is 2.76. The first-order valence-corrected chi connectivity index (χ1v) is 7.45. The zero-order chi connectivity index (χ0) is 11.6. The fraction of sp³-hybridized carbons (Fsp3) is 0.917. The van der Waals surface area contributed by atoms with E-state index in [2.05, 4.69) is 5.32 Å². The summed E-state index contributed by atoms with van der Waals surface area (Å²) in [4.78, 5) is 11.0. The molecule has 1 unspecified atom stereocenters. The highest BCUT2D eigenvalue weighted by molar-refractivity contribution is 7.99. The average molecular weight is 245 g/mol. The lowest BCUT2D eigenvalue weighted by molar-refractivity contribution is -0.143. The van der Waals surface area contributed by atoms with Crippen LogP contribution in [0, 0.1) is 0 Å². The van der Waals surface area contributed by atoms with Crippen LogP contribution in [0.15, 0.2) is 0 Å². The van der Waals surface area contributed by atoms with Crippen LogP contribution in [0.5, 0.6) is 0 Å². The van der Waals surface area contributed by atoms with E-state index >= 15 is 0 Å². The molecule has 1 saturated heterocycles. The molecule has 0 aromatic rings. The van der Waals surface area contributed by atoms with Gasteiger partial charge in [0, 0.05) is 18.2 Å². The Morgan fingerprint density at radius 1 is 1.44 bits per heavy atom. The zero-order valence-electron chi connectivity index (χ0n) is 10.2. The molecule has 1 rings (SSSR count). The predicted octanol–water partition coefficient (Wildman–Crippen LogP) is 2.21. The summed E-state index contributed by atoms with van der Waals surface area (Å²) in [6.45, 7) is 3.44. The van der Waals surface area contributed by atoms with Crippen LogP contribution in [0.1, 0.15) is 39.0 Å². The Hall–Kier alpha value is -0.220. The summed E-state index contributed by atoms with van der Waals surface area (Å²) < 4.78 is 4.87. The number of unbranched alkanes of at least 4 members (excludes halogenated alkanes) is 2. The van der Waals surface area contributed by atoms with Gasteiger partial charge in [-0.2, -0.15) is 11.8 Å². The minimum absolute atomic E-state index is 0.0531. The van der Waals surface area contributed by atoms with Gasteiger partial charge in [0.05, 0.1) is 6.61 Å². The molecule has 16 heavy (non-hydrogen) atoms. The number of carbonyl (C=O) groups is 1. The maximum Gasteiger partial charge on any atom is 0.305 e. The molecule has 4 heteroatoms. The van der Waals surface area contributed by atoms with Gasteiger partial charge in [-0.15, -0.1) is 0 Å². The summed E-state index contributed by atoms with van der Waals surface area (Å²) in [7, 11) is 0. The maximum absolute atomic E-state index is 11.0. The first-order valence-electron chi connectivity index (χ1n) is 6.29. The highest BCUT2D eigenvalue weighted by Crippen LogP contribution is 2.16. The van der Waals surface area contributed by atoms with Gasteiger partial charge in [-0.3, -0.25) is 4.79 Å². The summed E-state index contributed by atoms with van der Waals surface area (Å²) >= 11 is 2.04. The third kappa shape index (κ3) is 6.38. The van der Waals surface area contributed by atoms with Crippen LogP contribution in [-0.2, 0) is 9.53 Å². The van der Waals surface area contributed by atoms with Crippen molar-refractivity contribution in [2.75, 3.05) is 24.7 Å². The molecule has 0 spiro atoms. The van der Waals surface area contributed by atoms with Crippen LogP contribution < -0.4 is 5.32 Å². The standard InChI is InChI=1S/C12H23NO2S/c1-2-15-12(14)6-4-3-5-8-13-11-7-9-16-10-11/h11,13H,2-10H2,1H3. The van der Waals surface area contributed by atoms with Gasteiger partial charge in [0.15, 0.2) is 0 Å². The van der Waals surface area contributed by atoms with Gasteiger partial charge in [-0.25, -0.2) is 0 Å². The Kier molecular flexibility index (Phi) is 7.68. The van der Waals surface area contributed by atoms with Crippen molar-refractivity contribution in [3.8, 4) is 0 Å². The fourth-order valence-corrected chi connectivity index (χ4v) is 2.99. The van der Waals surface area contributed by atoms with Gasteiger partial charge in [-0.1, -0.05) is 6.42 Å². The smallest absolute Gasteiger partial charge is 0.305 e. The molecule has 0 bridgehead atoms. The van der Waals surface area contributed by atoms with E-state index in [-0.39, 0.29) is 5.97 Å². The summed E-state index contributed by atoms with van der Waals surface area (Å²) in [6, 6.07) is 0.732. The summed E-state index contributed by atoms with van der Waals surface area (Å²) in [6.07, 6.45) is 5.13. The third-order valence-electron chi connectivity index (χ3n) is 2.73. The van der Waals surface area contributed by atoms with E-state index in [9.17, 15) is 4.79 Å². The summed E-state index contributed by atoms with van der Waals surface area (Å²) in [5.74, 6) is 2.52. The molecule has 3 nitrogen and oxygen atoms in total. The van der Waals surface area contributed by atoms with Crippen molar-refractivity contribution in [3.63, 3.8) is 0 Å². The lowest BCUT2D eigenvalue weighted by Gasteiger charge is -2.10. The first kappa shape index (κ1) is 13.8. The molecule has 1 atom stereocenters. The van der Waals surface area contributed by atoms with Gasteiger partial charge in [0.1, 0.15) is 0 Å². The minimum atomic E-state index is -0.0531. The lowest BCUT2D eigenvalue weighted by Crippen LogP contribution is -2.29. The van der Waals surface area contributed by atoms with Crippen molar-refractivity contribution in [3.05, 3.63) is 0 Å². The monoisotopic (exact) mass is 245 g/mol. The largest absolute Gasteiger partial charge is 0.466 e. The summed E-state index contributed by atoms with van der Waals surface area (Å²) in [5, 5.41) is 3.56. The Morgan fingerprint density at radius 3 is 3.00 bits per heavy atom. The topological polar surface area (TPSA) is 38.3 Å². The van der Waals surface area contributed by atoms with Gasteiger partial charge < -0.3 is 10.1 Å². The normalized spacial score (nSPS) is 19.9. The lowest BCUT2D eigenvalue weighted by atomic mass is 10.2. The molecule has 1 aliphatic rings. The minimum Gasteiger partial charge on any atom is -0.466 e. The Morgan fingerprint density at radius 2 is 2.31 bits per heavy atom. The van der Waals surface area contributed by atoms with Crippen LogP contribution in [-0.4, -0.2) is 36.7 Å². The summed E-state index contributed by atoms with van der Waals surface area (Å²) in [5.41, 5.74) is 0. The number of rotatable bonds is 8. The SMILES string of the molecule is CCOC(=O)CCCCCNC1CCSC1. The van der Waals surface area contributed by atoms with E-state index < -0.39 is 0 Å². The van der Waals surface area contributed by atoms with Crippen molar-refractivity contribution in [1.82, 2.24) is 5.32 Å². The maximum atomic E-state index is 11.0.